The van der Waals surface area contributed by atoms with E-state index >= 15 is 0 Å². The number of hydrogen-bond donors (Lipinski definition) is 1. The minimum atomic E-state index is -0.977. The molecule has 0 amide bonds. The Morgan fingerprint density at radius 3 is 2.39 bits per heavy atom. The Bertz CT molecular complexity index is 572. The fourth-order valence-corrected chi connectivity index (χ4v) is 1.51. The molecule has 0 saturated carbocycles. The predicted octanol–water partition coefficient (Wildman–Crippen LogP) is 3.86. The van der Waals surface area contributed by atoms with Crippen LogP contribution < -0.4 is 10.1 Å². The topological polar surface area (TPSA) is 21.3 Å². The smallest absolute Gasteiger partial charge is 0.160 e. The highest BCUT2D eigenvalue weighted by Gasteiger charge is 2.07. The summed E-state index contributed by atoms with van der Waals surface area (Å²) in [5.41, 5.74) is 0.640. The molecule has 18 heavy (non-hydrogen) atoms. The van der Waals surface area contributed by atoms with Crippen LogP contribution in [0.3, 0.4) is 0 Å². The van der Waals surface area contributed by atoms with Gasteiger partial charge in [-0.15, -0.1) is 0 Å². The lowest BCUT2D eigenvalue weighted by Crippen LogP contribution is -1.96. The second-order valence-corrected chi connectivity index (χ2v) is 3.60. The quantitative estimate of drug-likeness (QED) is 0.896. The van der Waals surface area contributed by atoms with Crippen LogP contribution in [0.1, 0.15) is 0 Å². The van der Waals surface area contributed by atoms with Gasteiger partial charge in [0.15, 0.2) is 11.6 Å². The molecule has 0 aliphatic carbocycles. The summed E-state index contributed by atoms with van der Waals surface area (Å²) >= 11 is 0. The van der Waals surface area contributed by atoms with Gasteiger partial charge in [0.2, 0.25) is 0 Å². The van der Waals surface area contributed by atoms with Crippen LogP contribution in [0.4, 0.5) is 24.5 Å². The van der Waals surface area contributed by atoms with Gasteiger partial charge in [-0.1, -0.05) is 0 Å². The maximum absolute atomic E-state index is 13.1. The molecule has 2 nitrogen and oxygen atoms in total. The third-order valence-corrected chi connectivity index (χ3v) is 2.36. The van der Waals surface area contributed by atoms with Gasteiger partial charge in [0.1, 0.15) is 11.6 Å². The largest absolute Gasteiger partial charge is 0.495 e. The first-order valence-corrected chi connectivity index (χ1v) is 5.16. The number of halogens is 3. The number of ether oxygens (including phenoxy) is 1. The zero-order valence-corrected chi connectivity index (χ0v) is 9.51. The summed E-state index contributed by atoms with van der Waals surface area (Å²) in [5.74, 6) is -1.97. The van der Waals surface area contributed by atoms with Crippen molar-refractivity contribution in [3.8, 4) is 5.75 Å². The van der Waals surface area contributed by atoms with Crippen molar-refractivity contribution in [3.63, 3.8) is 0 Å². The van der Waals surface area contributed by atoms with Crippen molar-refractivity contribution in [2.75, 3.05) is 12.4 Å². The van der Waals surface area contributed by atoms with Crippen LogP contribution in [0.15, 0.2) is 36.4 Å². The number of methoxy groups -OCH3 is 1. The minimum Gasteiger partial charge on any atom is -0.495 e. The van der Waals surface area contributed by atoms with Gasteiger partial charge in [0.05, 0.1) is 12.8 Å². The third kappa shape index (κ3) is 2.56. The van der Waals surface area contributed by atoms with E-state index in [4.69, 9.17) is 4.74 Å². The van der Waals surface area contributed by atoms with Crippen LogP contribution in [0.5, 0.6) is 5.75 Å². The summed E-state index contributed by atoms with van der Waals surface area (Å²) in [7, 11) is 1.43. The first-order chi connectivity index (χ1) is 8.60. The first kappa shape index (κ1) is 12.3. The average Bonchev–Trinajstić information content (AvgIpc) is 2.34. The fraction of sp³-hybridized carbons (Fsp3) is 0.0769. The van der Waals surface area contributed by atoms with E-state index in [0.717, 1.165) is 12.1 Å². The Morgan fingerprint density at radius 1 is 0.944 bits per heavy atom. The zero-order chi connectivity index (χ0) is 13.1. The number of benzene rings is 2. The third-order valence-electron chi connectivity index (χ3n) is 2.36. The van der Waals surface area contributed by atoms with E-state index in [2.05, 4.69) is 5.32 Å². The molecule has 5 heteroatoms. The lowest BCUT2D eigenvalue weighted by Gasteiger charge is -2.11. The van der Waals surface area contributed by atoms with Gasteiger partial charge < -0.3 is 10.1 Å². The van der Waals surface area contributed by atoms with E-state index in [0.29, 0.717) is 17.1 Å². The number of hydrogen-bond acceptors (Lipinski definition) is 2. The summed E-state index contributed by atoms with van der Waals surface area (Å²) in [6.07, 6.45) is 0. The molecule has 0 atom stereocenters. The summed E-state index contributed by atoms with van der Waals surface area (Å²) in [4.78, 5) is 0. The Labute approximate surface area is 102 Å². The summed E-state index contributed by atoms with van der Waals surface area (Å²) in [5, 5.41) is 2.76. The van der Waals surface area contributed by atoms with Crippen molar-refractivity contribution >= 4 is 11.4 Å². The normalized spacial score (nSPS) is 10.2. The van der Waals surface area contributed by atoms with Crippen molar-refractivity contribution in [2.45, 2.75) is 0 Å². The Kier molecular flexibility index (Phi) is 3.41. The van der Waals surface area contributed by atoms with Crippen LogP contribution in [0, 0.1) is 17.5 Å². The molecular formula is C13H10F3NO. The first-order valence-electron chi connectivity index (χ1n) is 5.16. The minimum absolute atomic E-state index is 0.304. The van der Waals surface area contributed by atoms with Gasteiger partial charge in [0, 0.05) is 17.8 Å². The maximum atomic E-state index is 13.1. The molecule has 1 N–H and O–H groups in total. The van der Waals surface area contributed by atoms with Crippen LogP contribution in [-0.2, 0) is 0 Å². The van der Waals surface area contributed by atoms with Crippen LogP contribution in [0.25, 0.3) is 0 Å². The number of anilines is 2. The van der Waals surface area contributed by atoms with Crippen molar-refractivity contribution in [1.82, 2.24) is 0 Å². The summed E-state index contributed by atoms with van der Waals surface area (Å²) in [6, 6.07) is 7.22. The van der Waals surface area contributed by atoms with Crippen LogP contribution in [0.2, 0.25) is 0 Å². The lowest BCUT2D eigenvalue weighted by atomic mass is 10.2. The molecule has 0 aromatic heterocycles. The van der Waals surface area contributed by atoms with Gasteiger partial charge in [0.25, 0.3) is 0 Å². The van der Waals surface area contributed by atoms with Gasteiger partial charge in [-0.05, 0) is 24.3 Å². The van der Waals surface area contributed by atoms with E-state index in [1.165, 1.54) is 31.4 Å². The van der Waals surface area contributed by atoms with E-state index in [-0.39, 0.29) is 0 Å². The Balaban J connectivity index is 2.33. The molecule has 0 aliphatic heterocycles. The second kappa shape index (κ2) is 5.00. The van der Waals surface area contributed by atoms with Gasteiger partial charge in [-0.3, -0.25) is 0 Å². The molecule has 2 aromatic rings. The van der Waals surface area contributed by atoms with E-state index in [1.54, 1.807) is 0 Å². The fourth-order valence-electron chi connectivity index (χ4n) is 1.51. The molecule has 2 rings (SSSR count). The SMILES string of the molecule is COc1ccc(F)cc1Nc1ccc(F)c(F)c1. The van der Waals surface area contributed by atoms with Gasteiger partial charge in [-0.25, -0.2) is 13.2 Å². The maximum Gasteiger partial charge on any atom is 0.160 e. The number of rotatable bonds is 3. The summed E-state index contributed by atoms with van der Waals surface area (Å²) < 4.78 is 43.9. The highest BCUT2D eigenvalue weighted by molar-refractivity contribution is 5.66. The van der Waals surface area contributed by atoms with Crippen molar-refractivity contribution in [2.24, 2.45) is 0 Å². The molecule has 0 heterocycles. The average molecular weight is 253 g/mol. The van der Waals surface area contributed by atoms with E-state index < -0.39 is 17.5 Å². The number of nitrogens with one attached hydrogen (secondary N) is 1. The Morgan fingerprint density at radius 2 is 1.72 bits per heavy atom. The molecule has 94 valence electrons. The molecule has 0 saturated heterocycles. The molecular weight excluding hydrogens is 243 g/mol. The van der Waals surface area contributed by atoms with Crippen molar-refractivity contribution in [3.05, 3.63) is 53.8 Å². The molecule has 0 aliphatic rings. The lowest BCUT2D eigenvalue weighted by molar-refractivity contribution is 0.416. The second-order valence-electron chi connectivity index (χ2n) is 3.60. The highest BCUT2D eigenvalue weighted by atomic mass is 19.2. The van der Waals surface area contributed by atoms with Crippen molar-refractivity contribution < 1.29 is 17.9 Å². The van der Waals surface area contributed by atoms with Gasteiger partial charge >= 0.3 is 0 Å². The molecule has 0 bridgehead atoms. The van der Waals surface area contributed by atoms with Crippen LogP contribution >= 0.6 is 0 Å². The standard InChI is InChI=1S/C13H10F3NO/c1-18-13-5-2-8(14)6-12(13)17-9-3-4-10(15)11(16)7-9/h2-7,17H,1H3. The van der Waals surface area contributed by atoms with E-state index in [1.807, 2.05) is 0 Å². The van der Waals surface area contributed by atoms with Crippen LogP contribution in [-0.4, -0.2) is 7.11 Å². The highest BCUT2D eigenvalue weighted by Crippen LogP contribution is 2.28. The molecule has 2 aromatic carbocycles. The Hall–Kier alpha value is -2.17. The van der Waals surface area contributed by atoms with E-state index in [9.17, 15) is 13.2 Å². The predicted molar refractivity (Wildman–Crippen MR) is 62.6 cm³/mol. The monoisotopic (exact) mass is 253 g/mol. The van der Waals surface area contributed by atoms with Gasteiger partial charge in [-0.2, -0.15) is 0 Å². The molecule has 0 unspecified atom stereocenters. The molecule has 0 fully saturated rings. The zero-order valence-electron chi connectivity index (χ0n) is 9.51. The molecule has 0 spiro atoms. The summed E-state index contributed by atoms with van der Waals surface area (Å²) in [6.45, 7) is 0. The molecule has 0 radical (unpaired) electrons. The van der Waals surface area contributed by atoms with Crippen molar-refractivity contribution in [1.29, 1.82) is 0 Å².